The fourth-order valence-corrected chi connectivity index (χ4v) is 2.25. The van der Waals surface area contributed by atoms with Crippen LogP contribution in [0.15, 0.2) is 24.5 Å². The zero-order valence-corrected chi connectivity index (χ0v) is 10.3. The maximum absolute atomic E-state index is 5.89. The van der Waals surface area contributed by atoms with Crippen molar-refractivity contribution in [2.45, 2.75) is 0 Å². The molecule has 2 heterocycles. The summed E-state index contributed by atoms with van der Waals surface area (Å²) in [4.78, 5) is 3.99. The van der Waals surface area contributed by atoms with E-state index >= 15 is 0 Å². The average Bonchev–Trinajstić information content (AvgIpc) is 2.72. The van der Waals surface area contributed by atoms with Crippen LogP contribution in [0.3, 0.4) is 0 Å². The molecule has 0 saturated heterocycles. The van der Waals surface area contributed by atoms with E-state index in [0.717, 1.165) is 22.7 Å². The van der Waals surface area contributed by atoms with Crippen LogP contribution < -0.4 is 11.1 Å². The monoisotopic (exact) mass is 250 g/mol. The smallest absolute Gasteiger partial charge is 0.147 e. The Kier molecular flexibility index (Phi) is 3.89. The van der Waals surface area contributed by atoms with Crippen molar-refractivity contribution in [2.75, 3.05) is 31.3 Å². The number of rotatable bonds is 5. The van der Waals surface area contributed by atoms with Crippen molar-refractivity contribution in [3.63, 3.8) is 0 Å². The first kappa shape index (κ1) is 11.8. The molecule has 2 rings (SSSR count). The number of anilines is 2. The maximum Gasteiger partial charge on any atom is 0.147 e. The van der Waals surface area contributed by atoms with Crippen LogP contribution in [0.1, 0.15) is 0 Å². The zero-order chi connectivity index (χ0) is 12.1. The minimum absolute atomic E-state index is 0.543. The van der Waals surface area contributed by atoms with Gasteiger partial charge in [0, 0.05) is 26.0 Å². The van der Waals surface area contributed by atoms with Gasteiger partial charge in [0.1, 0.15) is 10.8 Å². The van der Waals surface area contributed by atoms with Crippen molar-refractivity contribution in [1.29, 1.82) is 0 Å². The SMILES string of the molecule is COCCNc1snc(N)c1-c1ccncc1. The first-order valence-corrected chi connectivity index (χ1v) is 5.98. The van der Waals surface area contributed by atoms with Crippen LogP contribution in [-0.2, 0) is 4.74 Å². The second-order valence-corrected chi connectivity index (χ2v) is 4.20. The van der Waals surface area contributed by atoms with E-state index in [4.69, 9.17) is 10.5 Å². The van der Waals surface area contributed by atoms with Crippen molar-refractivity contribution in [3.05, 3.63) is 24.5 Å². The molecule has 0 atom stereocenters. The van der Waals surface area contributed by atoms with Crippen molar-refractivity contribution < 1.29 is 4.74 Å². The number of methoxy groups -OCH3 is 1. The topological polar surface area (TPSA) is 73.1 Å². The predicted octanol–water partition coefficient (Wildman–Crippen LogP) is 1.85. The van der Waals surface area contributed by atoms with Crippen molar-refractivity contribution in [1.82, 2.24) is 9.36 Å². The molecule has 0 radical (unpaired) electrons. The lowest BCUT2D eigenvalue weighted by Crippen LogP contribution is -2.07. The Balaban J connectivity index is 2.24. The van der Waals surface area contributed by atoms with Crippen molar-refractivity contribution in [3.8, 4) is 11.1 Å². The van der Waals surface area contributed by atoms with E-state index in [1.807, 2.05) is 12.1 Å². The molecule has 6 heteroatoms. The molecule has 2 aromatic rings. The first-order valence-electron chi connectivity index (χ1n) is 5.21. The highest BCUT2D eigenvalue weighted by atomic mass is 32.1. The summed E-state index contributed by atoms with van der Waals surface area (Å²) in [6.07, 6.45) is 3.48. The molecule has 0 fully saturated rings. The molecule has 90 valence electrons. The highest BCUT2D eigenvalue weighted by Gasteiger charge is 2.12. The Hall–Kier alpha value is -1.66. The number of nitrogens with two attached hydrogens (primary N) is 1. The largest absolute Gasteiger partial charge is 0.383 e. The highest BCUT2D eigenvalue weighted by molar-refractivity contribution is 7.11. The second-order valence-electron chi connectivity index (χ2n) is 3.43. The minimum Gasteiger partial charge on any atom is -0.383 e. The molecule has 0 aromatic carbocycles. The van der Waals surface area contributed by atoms with Gasteiger partial charge >= 0.3 is 0 Å². The number of ether oxygens (including phenoxy) is 1. The third kappa shape index (κ3) is 2.72. The minimum atomic E-state index is 0.543. The molecule has 0 spiro atoms. The first-order chi connectivity index (χ1) is 8.33. The van der Waals surface area contributed by atoms with Crippen LogP contribution in [0.4, 0.5) is 10.8 Å². The normalized spacial score (nSPS) is 10.4. The maximum atomic E-state index is 5.89. The molecular formula is C11H14N4OS. The van der Waals surface area contributed by atoms with E-state index < -0.39 is 0 Å². The standard InChI is InChI=1S/C11H14N4OS/c1-16-7-6-14-11-9(10(12)15-17-11)8-2-4-13-5-3-8/h2-5,14H,6-7H2,1H3,(H2,12,15). The van der Waals surface area contributed by atoms with Gasteiger partial charge < -0.3 is 15.8 Å². The quantitative estimate of drug-likeness (QED) is 0.792. The molecule has 3 N–H and O–H groups in total. The number of pyridine rings is 1. The zero-order valence-electron chi connectivity index (χ0n) is 9.51. The fraction of sp³-hybridized carbons (Fsp3) is 0.273. The van der Waals surface area contributed by atoms with E-state index in [0.29, 0.717) is 12.4 Å². The lowest BCUT2D eigenvalue weighted by atomic mass is 10.1. The number of nitrogen functional groups attached to an aromatic ring is 1. The van der Waals surface area contributed by atoms with E-state index in [1.165, 1.54) is 11.5 Å². The molecule has 0 saturated carbocycles. The van der Waals surface area contributed by atoms with Gasteiger partial charge in [0.2, 0.25) is 0 Å². The third-order valence-corrected chi connectivity index (χ3v) is 3.10. The van der Waals surface area contributed by atoms with Gasteiger partial charge in [-0.2, -0.15) is 4.37 Å². The van der Waals surface area contributed by atoms with E-state index in [2.05, 4.69) is 14.7 Å². The summed E-state index contributed by atoms with van der Waals surface area (Å²) in [6.45, 7) is 1.38. The molecule has 0 amide bonds. The van der Waals surface area contributed by atoms with Crippen LogP contribution in [0.5, 0.6) is 0 Å². The number of nitrogens with one attached hydrogen (secondary N) is 1. The van der Waals surface area contributed by atoms with Crippen LogP contribution in [0.25, 0.3) is 11.1 Å². The summed E-state index contributed by atoms with van der Waals surface area (Å²) in [7, 11) is 1.67. The van der Waals surface area contributed by atoms with Crippen molar-refractivity contribution >= 4 is 22.4 Å². The van der Waals surface area contributed by atoms with Crippen molar-refractivity contribution in [2.24, 2.45) is 0 Å². The van der Waals surface area contributed by atoms with Gasteiger partial charge in [-0.05, 0) is 29.2 Å². The molecule has 17 heavy (non-hydrogen) atoms. The number of aromatic nitrogens is 2. The van der Waals surface area contributed by atoms with E-state index in [-0.39, 0.29) is 0 Å². The Morgan fingerprint density at radius 2 is 2.18 bits per heavy atom. The summed E-state index contributed by atoms with van der Waals surface area (Å²) in [5.74, 6) is 0.543. The van der Waals surface area contributed by atoms with E-state index in [1.54, 1.807) is 19.5 Å². The van der Waals surface area contributed by atoms with Gasteiger partial charge in [-0.25, -0.2) is 0 Å². The lowest BCUT2D eigenvalue weighted by molar-refractivity contribution is 0.211. The lowest BCUT2D eigenvalue weighted by Gasteiger charge is -2.06. The van der Waals surface area contributed by atoms with Gasteiger partial charge in [0.15, 0.2) is 0 Å². The third-order valence-electron chi connectivity index (χ3n) is 2.28. The Morgan fingerprint density at radius 3 is 2.88 bits per heavy atom. The second kappa shape index (κ2) is 5.60. The van der Waals surface area contributed by atoms with Gasteiger partial charge in [-0.15, -0.1) is 0 Å². The van der Waals surface area contributed by atoms with E-state index in [9.17, 15) is 0 Å². The van der Waals surface area contributed by atoms with Gasteiger partial charge in [0.25, 0.3) is 0 Å². The summed E-state index contributed by atoms with van der Waals surface area (Å²) in [5, 5.41) is 4.23. The summed E-state index contributed by atoms with van der Waals surface area (Å²) in [6, 6.07) is 3.84. The highest BCUT2D eigenvalue weighted by Crippen LogP contribution is 2.36. The summed E-state index contributed by atoms with van der Waals surface area (Å²) < 4.78 is 9.16. The molecule has 0 bridgehead atoms. The van der Waals surface area contributed by atoms with Crippen LogP contribution in [0.2, 0.25) is 0 Å². The molecule has 0 aliphatic carbocycles. The number of nitrogens with zero attached hydrogens (tertiary/aromatic N) is 2. The Bertz CT molecular complexity index is 472. The van der Waals surface area contributed by atoms with Crippen LogP contribution >= 0.6 is 11.5 Å². The van der Waals surface area contributed by atoms with Crippen LogP contribution in [-0.4, -0.2) is 29.6 Å². The molecule has 0 aliphatic heterocycles. The number of hydrogen-bond donors (Lipinski definition) is 2. The van der Waals surface area contributed by atoms with Crippen LogP contribution in [0, 0.1) is 0 Å². The van der Waals surface area contributed by atoms with Gasteiger partial charge in [0.05, 0.1) is 12.2 Å². The van der Waals surface area contributed by atoms with Gasteiger partial charge in [-0.1, -0.05) is 0 Å². The fourth-order valence-electron chi connectivity index (χ4n) is 1.49. The predicted molar refractivity (Wildman–Crippen MR) is 70.1 cm³/mol. The summed E-state index contributed by atoms with van der Waals surface area (Å²) in [5.41, 5.74) is 7.84. The molecule has 0 aliphatic rings. The molecule has 2 aromatic heterocycles. The number of hydrogen-bond acceptors (Lipinski definition) is 6. The summed E-state index contributed by atoms with van der Waals surface area (Å²) >= 11 is 1.36. The molecule has 5 nitrogen and oxygen atoms in total. The van der Waals surface area contributed by atoms with Gasteiger partial charge in [-0.3, -0.25) is 4.98 Å². The Labute approximate surface area is 104 Å². The molecule has 0 unspecified atom stereocenters. The molecular weight excluding hydrogens is 236 g/mol. The Morgan fingerprint density at radius 1 is 1.41 bits per heavy atom. The average molecular weight is 250 g/mol.